The minimum Gasteiger partial charge on any atom is -0.376 e. The lowest BCUT2D eigenvalue weighted by molar-refractivity contribution is -0.121. The number of carbonyl (C=O) groups is 1. The summed E-state index contributed by atoms with van der Waals surface area (Å²) in [7, 11) is 0. The largest absolute Gasteiger partial charge is 0.376 e. The Morgan fingerprint density at radius 2 is 1.77 bits per heavy atom. The van der Waals surface area contributed by atoms with Crippen molar-refractivity contribution >= 4 is 5.91 Å². The highest BCUT2D eigenvalue weighted by Gasteiger charge is 2.58. The molecule has 3 aliphatic rings. The number of rotatable bonds is 1. The fraction of sp³-hybridized carbons (Fsp3) is 0.833. The Hall–Kier alpha value is -1.19. The van der Waals surface area contributed by atoms with Crippen molar-refractivity contribution in [1.29, 1.82) is 0 Å². The average molecular weight is 305 g/mol. The molecule has 0 radical (unpaired) electrons. The van der Waals surface area contributed by atoms with Crippen LogP contribution in [0.4, 0.5) is 0 Å². The van der Waals surface area contributed by atoms with Gasteiger partial charge in [0.05, 0.1) is 0 Å². The summed E-state index contributed by atoms with van der Waals surface area (Å²) in [4.78, 5) is 14.4. The third-order valence-electron chi connectivity index (χ3n) is 5.79. The summed E-state index contributed by atoms with van der Waals surface area (Å²) in [5, 5.41) is 3.43. The molecule has 1 amide bonds. The second kappa shape index (κ2) is 6.93. The minimum atomic E-state index is -0.443. The topological polar surface area (TPSA) is 58.4 Å². The van der Waals surface area contributed by atoms with Crippen LogP contribution in [-0.4, -0.2) is 29.4 Å². The molecular weight excluding hydrogens is 274 g/mol. The number of allylic oxidation sites excluding steroid dienone is 1. The highest BCUT2D eigenvalue weighted by molar-refractivity contribution is 5.88. The number of primary amides is 1. The van der Waals surface area contributed by atoms with Crippen LogP contribution in [0.3, 0.4) is 0 Å². The van der Waals surface area contributed by atoms with E-state index < -0.39 is 5.54 Å². The number of amides is 1. The first kappa shape index (κ1) is 15.7. The van der Waals surface area contributed by atoms with Gasteiger partial charge in [-0.2, -0.15) is 0 Å². The quantitative estimate of drug-likeness (QED) is 0.783. The number of nitrogens with zero attached hydrogens (tertiary/aromatic N) is 1. The highest BCUT2D eigenvalue weighted by atomic mass is 16.1. The summed E-state index contributed by atoms with van der Waals surface area (Å²) in [5.41, 5.74) is 6.63. The fourth-order valence-electron chi connectivity index (χ4n) is 4.19. The van der Waals surface area contributed by atoms with Crippen molar-refractivity contribution < 1.29 is 4.79 Å². The van der Waals surface area contributed by atoms with E-state index in [9.17, 15) is 4.79 Å². The molecule has 0 bridgehead atoms. The van der Waals surface area contributed by atoms with Gasteiger partial charge >= 0.3 is 0 Å². The van der Waals surface area contributed by atoms with Crippen LogP contribution < -0.4 is 11.1 Å². The molecule has 4 heteroatoms. The molecule has 1 saturated heterocycles. The number of hydrogen-bond donors (Lipinski definition) is 2. The van der Waals surface area contributed by atoms with E-state index in [1.54, 1.807) is 0 Å². The van der Waals surface area contributed by atoms with Gasteiger partial charge in [-0.15, -0.1) is 0 Å². The molecule has 2 aliphatic heterocycles. The van der Waals surface area contributed by atoms with E-state index >= 15 is 0 Å². The highest BCUT2D eigenvalue weighted by Crippen LogP contribution is 2.47. The van der Waals surface area contributed by atoms with Crippen LogP contribution >= 0.6 is 0 Å². The van der Waals surface area contributed by atoms with Gasteiger partial charge in [0.1, 0.15) is 5.54 Å². The van der Waals surface area contributed by atoms with Crippen molar-refractivity contribution in [2.75, 3.05) is 13.1 Å². The molecule has 0 aromatic carbocycles. The molecule has 2 atom stereocenters. The molecule has 3 rings (SSSR count). The van der Waals surface area contributed by atoms with Gasteiger partial charge in [-0.25, -0.2) is 0 Å². The lowest BCUT2D eigenvalue weighted by Crippen LogP contribution is -2.43. The van der Waals surface area contributed by atoms with Gasteiger partial charge in [0.25, 0.3) is 0 Å². The van der Waals surface area contributed by atoms with Gasteiger partial charge in [0, 0.05) is 25.0 Å². The van der Waals surface area contributed by atoms with E-state index in [0.29, 0.717) is 5.92 Å². The molecule has 1 aliphatic carbocycles. The van der Waals surface area contributed by atoms with Crippen molar-refractivity contribution in [3.8, 4) is 0 Å². The van der Waals surface area contributed by atoms with Gasteiger partial charge in [0.15, 0.2) is 0 Å². The monoisotopic (exact) mass is 305 g/mol. The number of nitrogens with two attached hydrogens (primary N) is 1. The van der Waals surface area contributed by atoms with Gasteiger partial charge < -0.3 is 16.0 Å². The molecule has 0 spiro atoms. The van der Waals surface area contributed by atoms with Crippen LogP contribution in [0.5, 0.6) is 0 Å². The minimum absolute atomic E-state index is 0.164. The standard InChI is InChI=1S/C18H31N3O/c19-17(22)18-13-15(18)9-6-4-2-1-3-5-7-11-21-12-8-10-16(21)14-20-18/h14-15,20H,1-13H2,(H2,19,22). The summed E-state index contributed by atoms with van der Waals surface area (Å²) >= 11 is 0. The van der Waals surface area contributed by atoms with Crippen LogP contribution in [-0.2, 0) is 4.79 Å². The lowest BCUT2D eigenvalue weighted by atomic mass is 10.0. The zero-order valence-electron chi connectivity index (χ0n) is 13.8. The smallest absolute Gasteiger partial charge is 0.243 e. The Morgan fingerprint density at radius 3 is 2.55 bits per heavy atom. The first-order chi connectivity index (χ1) is 10.7. The summed E-state index contributed by atoms with van der Waals surface area (Å²) in [6, 6.07) is 0. The first-order valence-corrected chi connectivity index (χ1v) is 9.24. The van der Waals surface area contributed by atoms with Gasteiger partial charge in [-0.05, 0) is 38.0 Å². The van der Waals surface area contributed by atoms with Gasteiger partial charge in [-0.1, -0.05) is 38.5 Å². The van der Waals surface area contributed by atoms with E-state index in [0.717, 1.165) is 19.3 Å². The fourth-order valence-corrected chi connectivity index (χ4v) is 4.19. The summed E-state index contributed by atoms with van der Waals surface area (Å²) in [5.74, 6) is 0.282. The van der Waals surface area contributed by atoms with Crippen molar-refractivity contribution in [2.24, 2.45) is 11.7 Å². The van der Waals surface area contributed by atoms with E-state index in [4.69, 9.17) is 5.73 Å². The number of carbonyl (C=O) groups excluding carboxylic acids is 1. The molecule has 0 aromatic heterocycles. The Bertz CT molecular complexity index is 434. The van der Waals surface area contributed by atoms with E-state index in [-0.39, 0.29) is 5.91 Å². The van der Waals surface area contributed by atoms with Crippen molar-refractivity contribution in [3.63, 3.8) is 0 Å². The maximum absolute atomic E-state index is 11.9. The molecule has 22 heavy (non-hydrogen) atoms. The molecule has 0 aromatic rings. The van der Waals surface area contributed by atoms with E-state index in [1.807, 2.05) is 0 Å². The number of fused-ring (bicyclic) bond motifs is 2. The van der Waals surface area contributed by atoms with Gasteiger partial charge in [-0.3, -0.25) is 4.79 Å². The third-order valence-corrected chi connectivity index (χ3v) is 5.79. The Balaban J connectivity index is 1.67. The van der Waals surface area contributed by atoms with Crippen LogP contribution in [0.1, 0.15) is 70.6 Å². The molecule has 2 heterocycles. The zero-order chi connectivity index (χ0) is 15.4. The molecule has 124 valence electrons. The Kier molecular flexibility index (Phi) is 4.94. The van der Waals surface area contributed by atoms with Crippen molar-refractivity contribution in [1.82, 2.24) is 10.2 Å². The second-order valence-electron chi connectivity index (χ2n) is 7.37. The average Bonchev–Trinajstić information content (AvgIpc) is 3.04. The predicted octanol–water partition coefficient (Wildman–Crippen LogP) is 2.89. The second-order valence-corrected chi connectivity index (χ2v) is 7.37. The normalized spacial score (nSPS) is 33.5. The number of hydrogen-bond acceptors (Lipinski definition) is 3. The SMILES string of the molecule is NC(=O)C12CC1CCCCCCCCCN1CCCC1=CN2. The maximum atomic E-state index is 11.9. The molecule has 2 fully saturated rings. The molecule has 3 N–H and O–H groups in total. The molecule has 2 unspecified atom stereocenters. The zero-order valence-corrected chi connectivity index (χ0v) is 13.8. The molecule has 1 saturated carbocycles. The third kappa shape index (κ3) is 3.41. The summed E-state index contributed by atoms with van der Waals surface area (Å²) in [6.07, 6.45) is 15.8. The van der Waals surface area contributed by atoms with Gasteiger partial charge in [0.2, 0.25) is 5.91 Å². The van der Waals surface area contributed by atoms with Crippen LogP contribution in [0, 0.1) is 5.92 Å². The van der Waals surface area contributed by atoms with Crippen LogP contribution in [0.2, 0.25) is 0 Å². The summed E-state index contributed by atoms with van der Waals surface area (Å²) in [6.45, 7) is 2.33. The predicted molar refractivity (Wildman–Crippen MR) is 89.0 cm³/mol. The summed E-state index contributed by atoms with van der Waals surface area (Å²) < 4.78 is 0. The van der Waals surface area contributed by atoms with Crippen molar-refractivity contribution in [3.05, 3.63) is 11.9 Å². The van der Waals surface area contributed by atoms with E-state index in [2.05, 4.69) is 16.4 Å². The Labute approximate surface area is 134 Å². The van der Waals surface area contributed by atoms with Crippen LogP contribution in [0.15, 0.2) is 11.9 Å². The van der Waals surface area contributed by atoms with Crippen molar-refractivity contribution in [2.45, 2.75) is 76.2 Å². The maximum Gasteiger partial charge on any atom is 0.243 e. The van der Waals surface area contributed by atoms with E-state index in [1.165, 1.54) is 70.2 Å². The van der Waals surface area contributed by atoms with Crippen LogP contribution in [0.25, 0.3) is 0 Å². The first-order valence-electron chi connectivity index (χ1n) is 9.24. The molecular formula is C18H31N3O. The lowest BCUT2D eigenvalue weighted by Gasteiger charge is -2.22. The number of nitrogens with one attached hydrogen (secondary N) is 1. The Morgan fingerprint density at radius 1 is 1.09 bits per heavy atom. The molecule has 4 nitrogen and oxygen atoms in total.